The number of hydrogen-bond acceptors (Lipinski definition) is 4. The molecule has 0 atom stereocenters. The molecule has 0 spiro atoms. The molecule has 4 rings (SSSR count). The molecule has 0 bridgehead atoms. The van der Waals surface area contributed by atoms with Gasteiger partial charge in [-0.1, -0.05) is 54.1 Å². The van der Waals surface area contributed by atoms with Crippen molar-refractivity contribution in [3.05, 3.63) is 107 Å². The van der Waals surface area contributed by atoms with E-state index in [9.17, 15) is 18.8 Å². The number of anilines is 2. The van der Waals surface area contributed by atoms with E-state index in [1.165, 1.54) is 30.3 Å². The summed E-state index contributed by atoms with van der Waals surface area (Å²) in [5, 5.41) is 5.15. The van der Waals surface area contributed by atoms with Crippen LogP contribution in [0, 0.1) is 5.82 Å². The van der Waals surface area contributed by atoms with Gasteiger partial charge in [-0.2, -0.15) is 0 Å². The lowest BCUT2D eigenvalue weighted by Crippen LogP contribution is -2.31. The fourth-order valence-corrected chi connectivity index (χ4v) is 3.40. The van der Waals surface area contributed by atoms with E-state index in [0.29, 0.717) is 11.3 Å². The molecule has 160 valence electrons. The first-order valence-corrected chi connectivity index (χ1v) is 10.0. The molecule has 8 heteroatoms. The maximum absolute atomic E-state index is 13.7. The molecule has 3 amide bonds. The number of benzene rings is 3. The molecule has 0 aromatic heterocycles. The van der Waals surface area contributed by atoms with Gasteiger partial charge >= 0.3 is 0 Å². The van der Waals surface area contributed by atoms with E-state index in [1.54, 1.807) is 18.2 Å². The molecule has 0 radical (unpaired) electrons. The molecule has 32 heavy (non-hydrogen) atoms. The molecular weight excluding hydrogens is 433 g/mol. The number of para-hydroxylation sites is 1. The maximum Gasteiger partial charge on any atom is 0.279 e. The van der Waals surface area contributed by atoms with Gasteiger partial charge in [0.2, 0.25) is 0 Å². The van der Waals surface area contributed by atoms with Gasteiger partial charge in [-0.25, -0.2) is 4.39 Å². The van der Waals surface area contributed by atoms with E-state index >= 15 is 0 Å². The number of hydrogen-bond donors (Lipinski definition) is 2. The van der Waals surface area contributed by atoms with Crippen molar-refractivity contribution in [2.24, 2.45) is 0 Å². The summed E-state index contributed by atoms with van der Waals surface area (Å²) in [6, 6.07) is 21.1. The van der Waals surface area contributed by atoms with E-state index in [1.807, 2.05) is 30.3 Å². The van der Waals surface area contributed by atoms with E-state index in [0.717, 1.165) is 10.5 Å². The highest BCUT2D eigenvalue weighted by atomic mass is 35.5. The summed E-state index contributed by atoms with van der Waals surface area (Å²) in [6.45, 7) is 0.106. The fourth-order valence-electron chi connectivity index (χ4n) is 3.17. The van der Waals surface area contributed by atoms with Gasteiger partial charge in [0.05, 0.1) is 12.2 Å². The van der Waals surface area contributed by atoms with Gasteiger partial charge in [-0.3, -0.25) is 19.3 Å². The molecule has 0 aliphatic carbocycles. The lowest BCUT2D eigenvalue weighted by Gasteiger charge is -2.15. The minimum atomic E-state index is -0.580. The van der Waals surface area contributed by atoms with Gasteiger partial charge in [0.1, 0.15) is 16.5 Å². The van der Waals surface area contributed by atoms with Crippen molar-refractivity contribution in [1.29, 1.82) is 0 Å². The van der Waals surface area contributed by atoms with Gasteiger partial charge in [-0.15, -0.1) is 0 Å². The summed E-state index contributed by atoms with van der Waals surface area (Å²) in [5.41, 5.74) is 1.59. The third-order valence-electron chi connectivity index (χ3n) is 4.83. The molecule has 3 aromatic carbocycles. The van der Waals surface area contributed by atoms with Crippen LogP contribution >= 0.6 is 11.6 Å². The second kappa shape index (κ2) is 9.03. The maximum atomic E-state index is 13.7. The monoisotopic (exact) mass is 449 g/mol. The Balaban J connectivity index is 1.45. The summed E-state index contributed by atoms with van der Waals surface area (Å²) in [7, 11) is 0. The smallest absolute Gasteiger partial charge is 0.279 e. The fraction of sp³-hybridized carbons (Fsp3) is 0.0417. The molecular formula is C24H17ClFN3O3. The summed E-state index contributed by atoms with van der Waals surface area (Å²) >= 11 is 6.13. The van der Waals surface area contributed by atoms with Crippen molar-refractivity contribution in [3.63, 3.8) is 0 Å². The van der Waals surface area contributed by atoms with Gasteiger partial charge < -0.3 is 10.6 Å². The second-order valence-corrected chi connectivity index (χ2v) is 7.39. The third kappa shape index (κ3) is 4.38. The number of amides is 3. The van der Waals surface area contributed by atoms with Crippen LogP contribution in [0.25, 0.3) is 0 Å². The molecule has 0 saturated heterocycles. The first-order chi connectivity index (χ1) is 15.4. The summed E-state index contributed by atoms with van der Waals surface area (Å²) in [5.74, 6) is -2.14. The highest BCUT2D eigenvalue weighted by Crippen LogP contribution is 2.27. The minimum absolute atomic E-state index is 0.0313. The van der Waals surface area contributed by atoms with E-state index < -0.39 is 23.5 Å². The van der Waals surface area contributed by atoms with Crippen LogP contribution in [0.1, 0.15) is 15.9 Å². The first kappa shape index (κ1) is 21.3. The molecule has 3 aromatic rings. The number of carbonyl (C=O) groups is 3. The highest BCUT2D eigenvalue weighted by Gasteiger charge is 2.37. The lowest BCUT2D eigenvalue weighted by molar-refractivity contribution is -0.138. The zero-order valence-electron chi connectivity index (χ0n) is 16.6. The van der Waals surface area contributed by atoms with Gasteiger partial charge in [0.25, 0.3) is 17.7 Å². The normalized spacial score (nSPS) is 13.5. The Kier molecular flexibility index (Phi) is 6.00. The Morgan fingerprint density at radius 3 is 2.22 bits per heavy atom. The van der Waals surface area contributed by atoms with Crippen LogP contribution in [-0.4, -0.2) is 22.6 Å². The average Bonchev–Trinajstić information content (AvgIpc) is 3.00. The Hall–Kier alpha value is -3.97. The molecule has 0 unspecified atom stereocenters. The molecule has 0 saturated carbocycles. The zero-order valence-corrected chi connectivity index (χ0v) is 17.4. The molecule has 1 heterocycles. The van der Waals surface area contributed by atoms with Crippen molar-refractivity contribution < 1.29 is 18.8 Å². The Morgan fingerprint density at radius 1 is 0.875 bits per heavy atom. The first-order valence-electron chi connectivity index (χ1n) is 9.67. The van der Waals surface area contributed by atoms with Crippen LogP contribution in [0.2, 0.25) is 0 Å². The number of halogens is 2. The van der Waals surface area contributed by atoms with Gasteiger partial charge in [-0.05, 0) is 42.0 Å². The number of carbonyl (C=O) groups excluding carboxylic acids is 3. The van der Waals surface area contributed by atoms with Crippen LogP contribution in [-0.2, 0) is 16.1 Å². The predicted molar refractivity (Wildman–Crippen MR) is 119 cm³/mol. The van der Waals surface area contributed by atoms with Crippen molar-refractivity contribution >= 4 is 40.7 Å². The van der Waals surface area contributed by atoms with Crippen molar-refractivity contribution in [2.75, 3.05) is 10.6 Å². The van der Waals surface area contributed by atoms with Crippen LogP contribution in [0.4, 0.5) is 15.8 Å². The standard InChI is InChI=1S/C24H17ClFN3O3/c25-20-21(24(32)29(23(20)31)14-15-6-2-1-3-7-15)27-17-12-10-16(11-13-17)22(30)28-19-9-5-4-8-18(19)26/h1-13,27H,14H2,(H,28,30). The van der Waals surface area contributed by atoms with Crippen LogP contribution in [0.3, 0.4) is 0 Å². The Labute approximate surface area is 188 Å². The number of rotatable bonds is 6. The number of imide groups is 1. The molecule has 1 aliphatic rings. The quantitative estimate of drug-likeness (QED) is 0.543. The third-order valence-corrected chi connectivity index (χ3v) is 5.18. The van der Waals surface area contributed by atoms with Crippen LogP contribution < -0.4 is 10.6 Å². The summed E-state index contributed by atoms with van der Waals surface area (Å²) in [6.07, 6.45) is 0. The van der Waals surface area contributed by atoms with Gasteiger partial charge in [0.15, 0.2) is 0 Å². The predicted octanol–water partition coefficient (Wildman–Crippen LogP) is 4.51. The topological polar surface area (TPSA) is 78.5 Å². The Morgan fingerprint density at radius 2 is 1.53 bits per heavy atom. The van der Waals surface area contributed by atoms with Crippen molar-refractivity contribution in [3.8, 4) is 0 Å². The van der Waals surface area contributed by atoms with Gasteiger partial charge in [0, 0.05) is 11.3 Å². The molecule has 1 aliphatic heterocycles. The highest BCUT2D eigenvalue weighted by molar-refractivity contribution is 6.48. The van der Waals surface area contributed by atoms with Crippen molar-refractivity contribution in [2.45, 2.75) is 6.54 Å². The van der Waals surface area contributed by atoms with Crippen LogP contribution in [0.15, 0.2) is 89.6 Å². The largest absolute Gasteiger partial charge is 0.350 e. The van der Waals surface area contributed by atoms with E-state index in [4.69, 9.17) is 11.6 Å². The summed E-state index contributed by atoms with van der Waals surface area (Å²) < 4.78 is 13.7. The molecule has 6 nitrogen and oxygen atoms in total. The SMILES string of the molecule is O=C(Nc1ccccc1F)c1ccc(NC2=C(Cl)C(=O)N(Cc3ccccc3)C2=O)cc1. The van der Waals surface area contributed by atoms with E-state index in [2.05, 4.69) is 10.6 Å². The van der Waals surface area contributed by atoms with Crippen LogP contribution in [0.5, 0.6) is 0 Å². The summed E-state index contributed by atoms with van der Waals surface area (Å²) in [4.78, 5) is 38.6. The second-order valence-electron chi connectivity index (χ2n) is 7.01. The number of nitrogens with one attached hydrogen (secondary N) is 2. The zero-order chi connectivity index (χ0) is 22.7. The van der Waals surface area contributed by atoms with Crippen molar-refractivity contribution in [1.82, 2.24) is 4.90 Å². The lowest BCUT2D eigenvalue weighted by atomic mass is 10.2. The minimum Gasteiger partial charge on any atom is -0.350 e. The average molecular weight is 450 g/mol. The Bertz CT molecular complexity index is 1230. The number of nitrogens with zero attached hydrogens (tertiary/aromatic N) is 1. The molecule has 2 N–H and O–H groups in total. The van der Waals surface area contributed by atoms with E-state index in [-0.39, 0.29) is 23.0 Å². The molecule has 0 fully saturated rings.